The van der Waals surface area contributed by atoms with Crippen LogP contribution in [0.4, 0.5) is 17.1 Å². The Kier molecular flexibility index (Phi) is 3.90. The van der Waals surface area contributed by atoms with Gasteiger partial charge in [-0.05, 0) is 56.3 Å². The Morgan fingerprint density at radius 2 is 1.68 bits per heavy atom. The van der Waals surface area contributed by atoms with Crippen molar-refractivity contribution in [1.29, 1.82) is 0 Å². The van der Waals surface area contributed by atoms with Crippen LogP contribution in [0.1, 0.15) is 19.4 Å². The SMILES string of the molecule is CB1c2oc3ncccc3c2C=C(C)N1N1c2ccccc2N(c2ccccc2)[C@@H]1C. The second-order valence-electron chi connectivity index (χ2n) is 8.21. The molecule has 2 aromatic heterocycles. The molecule has 4 aromatic rings. The largest absolute Gasteiger partial charge is 0.450 e. The summed E-state index contributed by atoms with van der Waals surface area (Å²) in [6.07, 6.45) is 4.12. The van der Waals surface area contributed by atoms with E-state index in [1.165, 1.54) is 22.8 Å². The molecule has 5 nitrogen and oxygen atoms in total. The Balaban J connectivity index is 1.49. The van der Waals surface area contributed by atoms with E-state index in [4.69, 9.17) is 4.42 Å². The summed E-state index contributed by atoms with van der Waals surface area (Å²) in [5, 5.41) is 3.46. The van der Waals surface area contributed by atoms with E-state index in [0.29, 0.717) is 5.71 Å². The van der Waals surface area contributed by atoms with E-state index >= 15 is 0 Å². The van der Waals surface area contributed by atoms with E-state index < -0.39 is 0 Å². The molecule has 4 heterocycles. The molecular weight excluding hydrogens is 383 g/mol. The number of benzene rings is 2. The number of furan rings is 1. The van der Waals surface area contributed by atoms with Gasteiger partial charge < -0.3 is 14.2 Å². The van der Waals surface area contributed by atoms with Crippen LogP contribution in [0.15, 0.2) is 83.0 Å². The van der Waals surface area contributed by atoms with Crippen LogP contribution < -0.4 is 15.6 Å². The lowest BCUT2D eigenvalue weighted by Crippen LogP contribution is -2.59. The minimum atomic E-state index is 0.0421. The molecule has 152 valence electrons. The zero-order valence-corrected chi connectivity index (χ0v) is 17.9. The van der Waals surface area contributed by atoms with Crippen molar-refractivity contribution in [2.75, 3.05) is 9.91 Å². The van der Waals surface area contributed by atoms with Gasteiger partial charge in [0.1, 0.15) is 11.8 Å². The molecule has 2 aromatic carbocycles. The van der Waals surface area contributed by atoms with Crippen molar-refractivity contribution in [3.05, 3.63) is 84.2 Å². The highest BCUT2D eigenvalue weighted by atomic mass is 16.3. The third-order valence-corrected chi connectivity index (χ3v) is 6.38. The number of fused-ring (bicyclic) bond motifs is 4. The van der Waals surface area contributed by atoms with Crippen molar-refractivity contribution in [2.24, 2.45) is 0 Å². The first-order chi connectivity index (χ1) is 15.1. The highest BCUT2D eigenvalue weighted by Gasteiger charge is 2.43. The summed E-state index contributed by atoms with van der Waals surface area (Å²) in [6.45, 7) is 6.68. The average Bonchev–Trinajstić information content (AvgIpc) is 3.30. The second kappa shape index (κ2) is 6.67. The smallest absolute Gasteiger partial charge is 0.353 e. The summed E-state index contributed by atoms with van der Waals surface area (Å²) >= 11 is 0. The van der Waals surface area contributed by atoms with Crippen molar-refractivity contribution in [3.8, 4) is 0 Å². The van der Waals surface area contributed by atoms with Gasteiger partial charge in [0, 0.05) is 28.5 Å². The van der Waals surface area contributed by atoms with E-state index in [0.717, 1.165) is 16.6 Å². The van der Waals surface area contributed by atoms with Gasteiger partial charge in [0.15, 0.2) is 0 Å². The highest BCUT2D eigenvalue weighted by Crippen LogP contribution is 2.46. The van der Waals surface area contributed by atoms with Gasteiger partial charge in [0.2, 0.25) is 5.71 Å². The summed E-state index contributed by atoms with van der Waals surface area (Å²) in [5.41, 5.74) is 7.57. The zero-order valence-electron chi connectivity index (χ0n) is 17.9. The maximum atomic E-state index is 6.24. The van der Waals surface area contributed by atoms with Gasteiger partial charge in [0.05, 0.1) is 11.4 Å². The second-order valence-corrected chi connectivity index (χ2v) is 8.21. The summed E-state index contributed by atoms with van der Waals surface area (Å²) in [5.74, 6) is 0. The molecule has 0 aliphatic carbocycles. The summed E-state index contributed by atoms with van der Waals surface area (Å²) < 4.78 is 6.24. The van der Waals surface area contributed by atoms with Gasteiger partial charge >= 0.3 is 6.85 Å². The molecule has 6 rings (SSSR count). The normalized spacial score (nSPS) is 17.8. The van der Waals surface area contributed by atoms with Gasteiger partial charge in [0.25, 0.3) is 0 Å². The molecule has 0 spiro atoms. The third kappa shape index (κ3) is 2.54. The van der Waals surface area contributed by atoms with Crippen molar-refractivity contribution >= 4 is 46.7 Å². The van der Waals surface area contributed by atoms with Gasteiger partial charge in [-0.2, -0.15) is 0 Å². The summed E-state index contributed by atoms with van der Waals surface area (Å²) in [6, 6.07) is 23.2. The lowest BCUT2D eigenvalue weighted by Gasteiger charge is -2.44. The maximum Gasteiger partial charge on any atom is 0.353 e. The van der Waals surface area contributed by atoms with Crippen molar-refractivity contribution in [1.82, 2.24) is 9.90 Å². The number of hydrogen-bond acceptors (Lipinski definition) is 5. The highest BCUT2D eigenvalue weighted by molar-refractivity contribution is 6.70. The third-order valence-electron chi connectivity index (χ3n) is 6.38. The van der Waals surface area contributed by atoms with Crippen LogP contribution >= 0.6 is 0 Å². The predicted octanol–water partition coefficient (Wildman–Crippen LogP) is 5.25. The van der Waals surface area contributed by atoms with Gasteiger partial charge in [-0.1, -0.05) is 37.2 Å². The Hall–Kier alpha value is -3.67. The van der Waals surface area contributed by atoms with Crippen LogP contribution in [-0.4, -0.2) is 22.9 Å². The van der Waals surface area contributed by atoms with E-state index in [1.807, 2.05) is 6.07 Å². The van der Waals surface area contributed by atoms with Gasteiger partial charge in [-0.25, -0.2) is 4.98 Å². The number of nitrogens with zero attached hydrogens (tertiary/aromatic N) is 4. The standard InChI is InChI=1S/C25H23BN4O/c1-17-16-21-20-12-9-15-27-25(20)31-24(21)26(3)30(17)29-18(2)28(19-10-5-4-6-11-19)22-13-7-8-14-23(22)29/h4-16,18H,1-3H3/t18-/m0/s1. The zero-order chi connectivity index (χ0) is 21.1. The van der Waals surface area contributed by atoms with Crippen LogP contribution in [0.3, 0.4) is 0 Å². The topological polar surface area (TPSA) is 35.8 Å². The summed E-state index contributed by atoms with van der Waals surface area (Å²) in [7, 11) is 0. The van der Waals surface area contributed by atoms with Crippen LogP contribution in [0.5, 0.6) is 0 Å². The number of para-hydroxylation sites is 3. The molecule has 0 N–H and O–H groups in total. The van der Waals surface area contributed by atoms with E-state index in [9.17, 15) is 0 Å². The lowest BCUT2D eigenvalue weighted by atomic mass is 9.58. The average molecular weight is 406 g/mol. The monoisotopic (exact) mass is 406 g/mol. The molecule has 0 saturated heterocycles. The number of allylic oxidation sites excluding steroid dienone is 1. The molecule has 31 heavy (non-hydrogen) atoms. The maximum absolute atomic E-state index is 6.24. The van der Waals surface area contributed by atoms with Crippen LogP contribution in [0, 0.1) is 0 Å². The fourth-order valence-corrected chi connectivity index (χ4v) is 5.09. The first kappa shape index (κ1) is 18.1. The van der Waals surface area contributed by atoms with Crippen molar-refractivity contribution in [2.45, 2.75) is 26.8 Å². The predicted molar refractivity (Wildman–Crippen MR) is 128 cm³/mol. The molecule has 0 unspecified atom stereocenters. The van der Waals surface area contributed by atoms with Crippen LogP contribution in [0.2, 0.25) is 6.82 Å². The molecule has 1 atom stereocenters. The minimum Gasteiger partial charge on any atom is -0.450 e. The van der Waals surface area contributed by atoms with Crippen LogP contribution in [-0.2, 0) is 0 Å². The van der Waals surface area contributed by atoms with E-state index in [-0.39, 0.29) is 13.0 Å². The number of rotatable bonds is 2. The van der Waals surface area contributed by atoms with Gasteiger partial charge in [-0.3, -0.25) is 5.01 Å². The van der Waals surface area contributed by atoms with Gasteiger partial charge in [-0.15, -0.1) is 0 Å². The number of hydrazine groups is 1. The molecule has 0 bridgehead atoms. The van der Waals surface area contributed by atoms with Crippen LogP contribution in [0.25, 0.3) is 17.2 Å². The molecule has 2 aliphatic rings. The number of aromatic nitrogens is 1. The Bertz CT molecular complexity index is 1320. The van der Waals surface area contributed by atoms with Crippen molar-refractivity contribution < 1.29 is 4.42 Å². The number of hydrogen-bond donors (Lipinski definition) is 0. The summed E-state index contributed by atoms with van der Waals surface area (Å²) in [4.78, 5) is 9.19. The first-order valence-electron chi connectivity index (χ1n) is 10.7. The fourth-order valence-electron chi connectivity index (χ4n) is 5.09. The van der Waals surface area contributed by atoms with Crippen molar-refractivity contribution in [3.63, 3.8) is 0 Å². The molecule has 0 amide bonds. The molecule has 2 aliphatic heterocycles. The minimum absolute atomic E-state index is 0.0421. The Morgan fingerprint density at radius 3 is 2.48 bits per heavy atom. The quantitative estimate of drug-likeness (QED) is 0.425. The lowest BCUT2D eigenvalue weighted by molar-refractivity contribution is 0.440. The molecule has 0 fully saturated rings. The molecular formula is C25H23BN4O. The van der Waals surface area contributed by atoms with E-state index in [1.54, 1.807) is 6.20 Å². The fraction of sp³-hybridized carbons (Fsp3) is 0.160. The first-order valence-corrected chi connectivity index (χ1v) is 10.7. The molecule has 0 radical (unpaired) electrons. The number of pyridine rings is 1. The Labute approximate surface area is 182 Å². The molecule has 6 heteroatoms. The van der Waals surface area contributed by atoms with E-state index in [2.05, 4.69) is 107 Å². The molecule has 0 saturated carbocycles. The number of anilines is 3. The Morgan fingerprint density at radius 1 is 0.935 bits per heavy atom.